The topological polar surface area (TPSA) is 24.8 Å². The Morgan fingerprint density at radius 3 is 2.60 bits per heavy atom. The van der Waals surface area contributed by atoms with Crippen LogP contribution in [0.25, 0.3) is 0 Å². The maximum Gasteiger partial charge on any atom is 0.167 e. The van der Waals surface area contributed by atoms with Gasteiger partial charge in [0.15, 0.2) is 6.73 Å². The molecule has 0 atom stereocenters. The van der Waals surface area contributed by atoms with Crippen molar-refractivity contribution >= 4 is 12.0 Å². The molecule has 0 N–H and O–H groups in total. The first-order valence-electron chi connectivity index (χ1n) is 5.10. The van der Waals surface area contributed by atoms with Crippen molar-refractivity contribution in [2.75, 3.05) is 11.8 Å². The van der Waals surface area contributed by atoms with Gasteiger partial charge in [-0.25, -0.2) is 14.9 Å². The first-order chi connectivity index (χ1) is 7.09. The zero-order valence-corrected chi connectivity index (χ0v) is 9.40. The molecule has 3 nitrogen and oxygen atoms in total. The lowest BCUT2D eigenvalue weighted by Gasteiger charge is -2.25. The maximum absolute atomic E-state index is 5.39. The molecule has 0 saturated heterocycles. The number of hydroxylamine groups is 1. The van der Waals surface area contributed by atoms with Crippen molar-refractivity contribution in [3.63, 3.8) is 0 Å². The van der Waals surface area contributed by atoms with Gasteiger partial charge >= 0.3 is 0 Å². The van der Waals surface area contributed by atoms with Gasteiger partial charge in [-0.15, -0.1) is 0 Å². The molecule has 80 valence electrons. The number of anilines is 1. The van der Waals surface area contributed by atoms with Crippen LogP contribution in [0.1, 0.15) is 26.3 Å². The molecule has 3 heteroatoms. The minimum atomic E-state index is 0.108. The lowest BCUT2D eigenvalue weighted by atomic mass is 9.86. The Balaban J connectivity index is 2.42. The van der Waals surface area contributed by atoms with Crippen LogP contribution in [0, 0.1) is 0 Å². The molecular weight excluding hydrogens is 188 g/mol. The molecule has 0 aliphatic carbocycles. The predicted molar refractivity (Wildman–Crippen MR) is 62.1 cm³/mol. The number of benzene rings is 1. The molecule has 1 aromatic rings. The van der Waals surface area contributed by atoms with Crippen molar-refractivity contribution in [2.24, 2.45) is 4.99 Å². The number of para-hydroxylation sites is 1. The summed E-state index contributed by atoms with van der Waals surface area (Å²) >= 11 is 0. The molecule has 0 aromatic heterocycles. The minimum Gasteiger partial charge on any atom is -0.244 e. The number of aliphatic imine (C=N–C) groups is 1. The van der Waals surface area contributed by atoms with E-state index in [0.29, 0.717) is 6.73 Å². The second kappa shape index (κ2) is 3.66. The summed E-state index contributed by atoms with van der Waals surface area (Å²) < 4.78 is 0. The molecule has 1 heterocycles. The molecular formula is C12H16N2O. The summed E-state index contributed by atoms with van der Waals surface area (Å²) in [4.78, 5) is 9.43. The molecule has 0 bridgehead atoms. The Bertz CT molecular complexity index is 379. The minimum absolute atomic E-state index is 0.108. The Morgan fingerprint density at radius 2 is 2.00 bits per heavy atom. The summed E-state index contributed by atoms with van der Waals surface area (Å²) in [6.07, 6.45) is 1.73. The summed E-state index contributed by atoms with van der Waals surface area (Å²) in [6.45, 7) is 7.00. The molecule has 0 spiro atoms. The fourth-order valence-corrected chi connectivity index (χ4v) is 1.67. The van der Waals surface area contributed by atoms with Gasteiger partial charge in [-0.2, -0.15) is 0 Å². The fourth-order valence-electron chi connectivity index (χ4n) is 1.67. The van der Waals surface area contributed by atoms with Gasteiger partial charge in [0.2, 0.25) is 0 Å². The van der Waals surface area contributed by atoms with E-state index in [1.54, 1.807) is 11.4 Å². The van der Waals surface area contributed by atoms with Crippen LogP contribution in [0.3, 0.4) is 0 Å². The summed E-state index contributed by atoms with van der Waals surface area (Å²) in [5.41, 5.74) is 2.45. The smallest absolute Gasteiger partial charge is 0.167 e. The number of hydrogen-bond donors (Lipinski definition) is 0. The number of hydrogen-bond acceptors (Lipinski definition) is 3. The average Bonchev–Trinajstić information content (AvgIpc) is 2.69. The first-order valence-corrected chi connectivity index (χ1v) is 5.10. The van der Waals surface area contributed by atoms with E-state index < -0.39 is 0 Å². The highest BCUT2D eigenvalue weighted by atomic mass is 16.7. The van der Waals surface area contributed by atoms with Crippen LogP contribution in [0.2, 0.25) is 0 Å². The molecule has 0 saturated carbocycles. The molecule has 1 aliphatic rings. The van der Waals surface area contributed by atoms with Crippen molar-refractivity contribution in [1.82, 2.24) is 0 Å². The number of nitrogens with zero attached hydrogens (tertiary/aromatic N) is 2. The van der Waals surface area contributed by atoms with Gasteiger partial charge in [0, 0.05) is 0 Å². The summed E-state index contributed by atoms with van der Waals surface area (Å²) in [5, 5.41) is 1.74. The molecule has 15 heavy (non-hydrogen) atoms. The Morgan fingerprint density at radius 1 is 1.27 bits per heavy atom. The normalized spacial score (nSPS) is 16.1. The highest BCUT2D eigenvalue weighted by Gasteiger charge is 2.21. The monoisotopic (exact) mass is 204 g/mol. The fraction of sp³-hybridized carbons (Fsp3) is 0.417. The third-order valence-corrected chi connectivity index (χ3v) is 2.41. The zero-order valence-electron chi connectivity index (χ0n) is 9.40. The van der Waals surface area contributed by atoms with E-state index in [1.807, 2.05) is 6.07 Å². The lowest BCUT2D eigenvalue weighted by Crippen LogP contribution is -2.22. The van der Waals surface area contributed by atoms with Gasteiger partial charge < -0.3 is 0 Å². The van der Waals surface area contributed by atoms with Gasteiger partial charge in [-0.3, -0.25) is 0 Å². The maximum atomic E-state index is 5.39. The van der Waals surface area contributed by atoms with Crippen LogP contribution >= 0.6 is 0 Å². The van der Waals surface area contributed by atoms with Crippen molar-refractivity contribution < 1.29 is 4.84 Å². The lowest BCUT2D eigenvalue weighted by molar-refractivity contribution is 0.173. The van der Waals surface area contributed by atoms with Crippen LogP contribution in [0.5, 0.6) is 0 Å². The standard InChI is InChI=1S/C12H16N2O/c1-12(2,3)10-6-4-5-7-11(10)14-8-13-9-15-14/h4-8H,9H2,1-3H3. The van der Waals surface area contributed by atoms with E-state index in [1.165, 1.54) is 5.56 Å². The van der Waals surface area contributed by atoms with Crippen LogP contribution in [0.15, 0.2) is 29.3 Å². The third kappa shape index (κ3) is 2.02. The first kappa shape index (κ1) is 10.2. The summed E-state index contributed by atoms with van der Waals surface area (Å²) in [6, 6.07) is 8.25. The second-order valence-corrected chi connectivity index (χ2v) is 4.65. The van der Waals surface area contributed by atoms with Crippen molar-refractivity contribution in [3.05, 3.63) is 29.8 Å². The molecule has 2 rings (SSSR count). The highest BCUT2D eigenvalue weighted by Crippen LogP contribution is 2.31. The van der Waals surface area contributed by atoms with Crippen LogP contribution < -0.4 is 5.06 Å². The molecule has 1 aliphatic heterocycles. The van der Waals surface area contributed by atoms with Crippen LogP contribution in [-0.2, 0) is 10.3 Å². The largest absolute Gasteiger partial charge is 0.244 e. The number of rotatable bonds is 1. The van der Waals surface area contributed by atoms with E-state index in [4.69, 9.17) is 4.84 Å². The van der Waals surface area contributed by atoms with Crippen molar-refractivity contribution in [3.8, 4) is 0 Å². The van der Waals surface area contributed by atoms with Gasteiger partial charge in [-0.05, 0) is 17.0 Å². The summed E-state index contributed by atoms with van der Waals surface area (Å²) in [7, 11) is 0. The van der Waals surface area contributed by atoms with E-state index in [9.17, 15) is 0 Å². The van der Waals surface area contributed by atoms with E-state index >= 15 is 0 Å². The third-order valence-electron chi connectivity index (χ3n) is 2.41. The van der Waals surface area contributed by atoms with Crippen LogP contribution in [-0.4, -0.2) is 13.1 Å². The molecule has 0 fully saturated rings. The van der Waals surface area contributed by atoms with Crippen LogP contribution in [0.4, 0.5) is 5.69 Å². The molecule has 0 unspecified atom stereocenters. The zero-order chi connectivity index (χ0) is 10.9. The molecule has 1 aromatic carbocycles. The SMILES string of the molecule is CC(C)(C)c1ccccc1N1C=NCO1. The highest BCUT2D eigenvalue weighted by molar-refractivity contribution is 5.79. The molecule has 0 radical (unpaired) electrons. The average molecular weight is 204 g/mol. The van der Waals surface area contributed by atoms with Gasteiger partial charge in [0.1, 0.15) is 6.34 Å². The Hall–Kier alpha value is -1.35. The van der Waals surface area contributed by atoms with E-state index in [0.717, 1.165) is 5.69 Å². The summed E-state index contributed by atoms with van der Waals surface area (Å²) in [5.74, 6) is 0. The predicted octanol–water partition coefficient (Wildman–Crippen LogP) is 2.72. The van der Waals surface area contributed by atoms with E-state index in [-0.39, 0.29) is 5.41 Å². The van der Waals surface area contributed by atoms with Gasteiger partial charge in [0.05, 0.1) is 5.69 Å². The quantitative estimate of drug-likeness (QED) is 0.702. The van der Waals surface area contributed by atoms with Gasteiger partial charge in [-0.1, -0.05) is 39.0 Å². The van der Waals surface area contributed by atoms with Crippen molar-refractivity contribution in [2.45, 2.75) is 26.2 Å². The van der Waals surface area contributed by atoms with E-state index in [2.05, 4.69) is 44.0 Å². The Labute approximate surface area is 90.3 Å². The van der Waals surface area contributed by atoms with Crippen molar-refractivity contribution in [1.29, 1.82) is 0 Å². The van der Waals surface area contributed by atoms with Gasteiger partial charge in [0.25, 0.3) is 0 Å². The second-order valence-electron chi connectivity index (χ2n) is 4.65. The Kier molecular flexibility index (Phi) is 2.49. The molecule has 0 amide bonds.